The maximum atomic E-state index is 13.1. The van der Waals surface area contributed by atoms with Crippen LogP contribution < -0.4 is 0 Å². The molecule has 1 aliphatic heterocycles. The van der Waals surface area contributed by atoms with Gasteiger partial charge in [-0.05, 0) is 38.7 Å². The molecule has 0 bridgehead atoms. The zero-order valence-corrected chi connectivity index (χ0v) is 14.8. The van der Waals surface area contributed by atoms with Crippen LogP contribution in [-0.4, -0.2) is 70.6 Å². The SMILES string of the molecule is CO[C@@]12CC[C@H](OCCO)C[C@@H]1N(C(=O)c1cc(C)ncc1O)CC2. The van der Waals surface area contributed by atoms with Gasteiger partial charge in [0.25, 0.3) is 5.91 Å². The molecule has 25 heavy (non-hydrogen) atoms. The molecular formula is C18H26N2O5. The van der Waals surface area contributed by atoms with Gasteiger partial charge in [0.2, 0.25) is 0 Å². The van der Waals surface area contributed by atoms with E-state index < -0.39 is 0 Å². The average molecular weight is 350 g/mol. The van der Waals surface area contributed by atoms with Gasteiger partial charge in [0, 0.05) is 19.3 Å². The Kier molecular flexibility index (Phi) is 5.27. The van der Waals surface area contributed by atoms with Crippen molar-refractivity contribution < 1.29 is 24.5 Å². The van der Waals surface area contributed by atoms with E-state index in [-0.39, 0.29) is 41.6 Å². The fraction of sp³-hybridized carbons (Fsp3) is 0.667. The molecule has 1 saturated heterocycles. The Morgan fingerprint density at radius 2 is 2.28 bits per heavy atom. The summed E-state index contributed by atoms with van der Waals surface area (Å²) in [6.45, 7) is 2.67. The van der Waals surface area contributed by atoms with Crippen LogP contribution in [0.4, 0.5) is 0 Å². The highest BCUT2D eigenvalue weighted by Crippen LogP contribution is 2.44. The number of aliphatic hydroxyl groups is 1. The van der Waals surface area contributed by atoms with Crippen molar-refractivity contribution in [1.29, 1.82) is 0 Å². The molecule has 1 amide bonds. The van der Waals surface area contributed by atoms with Gasteiger partial charge in [0.15, 0.2) is 0 Å². The normalized spacial score (nSPS) is 28.8. The summed E-state index contributed by atoms with van der Waals surface area (Å²) in [7, 11) is 1.70. The van der Waals surface area contributed by atoms with Crippen LogP contribution in [0.2, 0.25) is 0 Å². The molecule has 3 rings (SSSR count). The predicted octanol–water partition coefficient (Wildman–Crippen LogP) is 1.26. The maximum Gasteiger partial charge on any atom is 0.258 e. The van der Waals surface area contributed by atoms with Crippen molar-refractivity contribution in [3.8, 4) is 5.75 Å². The van der Waals surface area contributed by atoms with Gasteiger partial charge in [0.1, 0.15) is 5.75 Å². The number of rotatable bonds is 5. The minimum absolute atomic E-state index is 0.00148. The van der Waals surface area contributed by atoms with Crippen LogP contribution in [0.15, 0.2) is 12.3 Å². The third-order valence-electron chi connectivity index (χ3n) is 5.50. The van der Waals surface area contributed by atoms with Gasteiger partial charge in [-0.15, -0.1) is 0 Å². The molecule has 1 aromatic heterocycles. The number of carbonyl (C=O) groups is 1. The number of aromatic hydroxyl groups is 1. The molecule has 0 aromatic carbocycles. The number of likely N-dealkylation sites (tertiary alicyclic amines) is 1. The zero-order chi connectivity index (χ0) is 18.0. The van der Waals surface area contributed by atoms with E-state index in [0.29, 0.717) is 25.3 Å². The molecule has 1 aromatic rings. The van der Waals surface area contributed by atoms with Crippen molar-refractivity contribution in [3.63, 3.8) is 0 Å². The molecule has 2 fully saturated rings. The van der Waals surface area contributed by atoms with Crippen LogP contribution >= 0.6 is 0 Å². The van der Waals surface area contributed by atoms with Gasteiger partial charge in [0.05, 0.1) is 42.7 Å². The second-order valence-electron chi connectivity index (χ2n) is 6.87. The number of fused-ring (bicyclic) bond motifs is 1. The zero-order valence-electron chi connectivity index (χ0n) is 14.8. The highest BCUT2D eigenvalue weighted by atomic mass is 16.5. The van der Waals surface area contributed by atoms with E-state index in [0.717, 1.165) is 19.3 Å². The van der Waals surface area contributed by atoms with E-state index in [9.17, 15) is 9.90 Å². The first-order chi connectivity index (χ1) is 12.0. The van der Waals surface area contributed by atoms with Crippen molar-refractivity contribution >= 4 is 5.91 Å². The first kappa shape index (κ1) is 18.1. The van der Waals surface area contributed by atoms with E-state index in [4.69, 9.17) is 14.6 Å². The monoisotopic (exact) mass is 350 g/mol. The fourth-order valence-corrected chi connectivity index (χ4v) is 4.15. The summed E-state index contributed by atoms with van der Waals surface area (Å²) < 4.78 is 11.6. The Hall–Kier alpha value is -1.70. The Labute approximate surface area is 147 Å². The number of aromatic nitrogens is 1. The number of amides is 1. The number of carbonyl (C=O) groups excluding carboxylic acids is 1. The second-order valence-corrected chi connectivity index (χ2v) is 6.87. The molecule has 7 nitrogen and oxygen atoms in total. The number of hydrogen-bond donors (Lipinski definition) is 2. The van der Waals surface area contributed by atoms with Gasteiger partial charge in [-0.3, -0.25) is 9.78 Å². The van der Waals surface area contributed by atoms with Crippen LogP contribution in [0.3, 0.4) is 0 Å². The smallest absolute Gasteiger partial charge is 0.258 e. The molecule has 0 spiro atoms. The molecule has 1 saturated carbocycles. The lowest BCUT2D eigenvalue weighted by Crippen LogP contribution is -2.53. The number of aryl methyl sites for hydroxylation is 1. The van der Waals surface area contributed by atoms with Crippen molar-refractivity contribution in [3.05, 3.63) is 23.5 Å². The third-order valence-corrected chi connectivity index (χ3v) is 5.50. The second kappa shape index (κ2) is 7.27. The van der Waals surface area contributed by atoms with Crippen molar-refractivity contribution in [2.45, 2.75) is 50.4 Å². The van der Waals surface area contributed by atoms with Crippen molar-refractivity contribution in [2.24, 2.45) is 0 Å². The summed E-state index contributed by atoms with van der Waals surface area (Å²) in [5.41, 5.74) is 0.607. The minimum atomic E-state index is -0.355. The minimum Gasteiger partial charge on any atom is -0.505 e. The van der Waals surface area contributed by atoms with E-state index >= 15 is 0 Å². The number of nitrogens with zero attached hydrogens (tertiary/aromatic N) is 2. The summed E-state index contributed by atoms with van der Waals surface area (Å²) >= 11 is 0. The Bertz CT molecular complexity index is 638. The van der Waals surface area contributed by atoms with Gasteiger partial charge in [-0.1, -0.05) is 0 Å². The number of ether oxygens (including phenoxy) is 2. The molecular weight excluding hydrogens is 324 g/mol. The standard InChI is InChI=1S/C18H26N2O5/c1-12-9-14(15(22)11-19-12)17(23)20-6-5-18(24-2)4-3-13(10-16(18)20)25-8-7-21/h9,11,13,16,21-22H,3-8,10H2,1-2H3/t13-,16-,18+/m0/s1. The molecule has 138 valence electrons. The Morgan fingerprint density at radius 1 is 1.48 bits per heavy atom. The molecule has 2 aliphatic rings. The molecule has 1 aliphatic carbocycles. The molecule has 0 radical (unpaired) electrons. The first-order valence-electron chi connectivity index (χ1n) is 8.75. The van der Waals surface area contributed by atoms with Crippen molar-refractivity contribution in [1.82, 2.24) is 9.88 Å². The van der Waals surface area contributed by atoms with Crippen LogP contribution in [-0.2, 0) is 9.47 Å². The molecule has 2 heterocycles. The number of hydrogen-bond acceptors (Lipinski definition) is 6. The number of aliphatic hydroxyl groups excluding tert-OH is 1. The quantitative estimate of drug-likeness (QED) is 0.831. The first-order valence-corrected chi connectivity index (χ1v) is 8.75. The van der Waals surface area contributed by atoms with Gasteiger partial charge >= 0.3 is 0 Å². The van der Waals surface area contributed by atoms with Gasteiger partial charge < -0.3 is 24.6 Å². The topological polar surface area (TPSA) is 92.1 Å². The lowest BCUT2D eigenvalue weighted by atomic mass is 9.79. The summed E-state index contributed by atoms with van der Waals surface area (Å²) in [5.74, 6) is -0.302. The highest BCUT2D eigenvalue weighted by Gasteiger charge is 2.53. The van der Waals surface area contributed by atoms with Gasteiger partial charge in [-0.2, -0.15) is 0 Å². The number of methoxy groups -OCH3 is 1. The average Bonchev–Trinajstić information content (AvgIpc) is 3.00. The van der Waals surface area contributed by atoms with Crippen LogP contribution in [0.5, 0.6) is 5.75 Å². The fourth-order valence-electron chi connectivity index (χ4n) is 4.15. The molecule has 0 unspecified atom stereocenters. The van der Waals surface area contributed by atoms with Crippen LogP contribution in [0, 0.1) is 6.92 Å². The van der Waals surface area contributed by atoms with E-state index in [1.807, 2.05) is 0 Å². The maximum absolute atomic E-state index is 13.1. The van der Waals surface area contributed by atoms with Crippen LogP contribution in [0.25, 0.3) is 0 Å². The Balaban J connectivity index is 1.83. The molecule has 2 N–H and O–H groups in total. The highest BCUT2D eigenvalue weighted by molar-refractivity contribution is 5.97. The van der Waals surface area contributed by atoms with Crippen molar-refractivity contribution in [2.75, 3.05) is 26.9 Å². The molecule has 7 heteroatoms. The van der Waals surface area contributed by atoms with Gasteiger partial charge in [-0.25, -0.2) is 0 Å². The predicted molar refractivity (Wildman–Crippen MR) is 90.5 cm³/mol. The summed E-state index contributed by atoms with van der Waals surface area (Å²) in [5, 5.41) is 19.0. The summed E-state index contributed by atoms with van der Waals surface area (Å²) in [4.78, 5) is 18.9. The van der Waals surface area contributed by atoms with E-state index in [1.165, 1.54) is 6.20 Å². The lowest BCUT2D eigenvalue weighted by molar-refractivity contribution is -0.0992. The van der Waals surface area contributed by atoms with Crippen LogP contribution in [0.1, 0.15) is 41.7 Å². The third kappa shape index (κ3) is 3.36. The summed E-state index contributed by atoms with van der Waals surface area (Å²) in [6, 6.07) is 1.52. The Morgan fingerprint density at radius 3 is 3.00 bits per heavy atom. The van der Waals surface area contributed by atoms with E-state index in [1.54, 1.807) is 25.0 Å². The number of pyridine rings is 1. The molecule has 3 atom stereocenters. The largest absolute Gasteiger partial charge is 0.505 e. The summed E-state index contributed by atoms with van der Waals surface area (Å²) in [6.07, 6.45) is 4.43. The lowest BCUT2D eigenvalue weighted by Gasteiger charge is -2.43. The van der Waals surface area contributed by atoms with E-state index in [2.05, 4.69) is 4.98 Å².